The second-order valence-corrected chi connectivity index (χ2v) is 5.34. The number of Topliss-reactive ketones (excluding diaryl/α,β-unsaturated/α-hetero) is 1. The van der Waals surface area contributed by atoms with Gasteiger partial charge in [0.2, 0.25) is 5.78 Å². The molecule has 0 radical (unpaired) electrons. The van der Waals surface area contributed by atoms with Crippen molar-refractivity contribution in [1.29, 1.82) is 0 Å². The fourth-order valence-electron chi connectivity index (χ4n) is 1.89. The molecule has 0 heterocycles. The number of rotatable bonds is 5. The van der Waals surface area contributed by atoms with Crippen molar-refractivity contribution in [3.8, 4) is 5.75 Å². The van der Waals surface area contributed by atoms with E-state index in [1.54, 1.807) is 12.1 Å². The van der Waals surface area contributed by atoms with Crippen LogP contribution in [-0.4, -0.2) is 11.8 Å². The maximum Gasteiger partial charge on any atom is 0.379 e. The largest absolute Gasteiger partial charge is 0.421 e. The molecule has 3 nitrogen and oxygen atoms in total. The van der Waals surface area contributed by atoms with Gasteiger partial charge in [-0.25, -0.2) is 4.79 Å². The van der Waals surface area contributed by atoms with Crippen LogP contribution in [-0.2, 0) is 16.0 Å². The van der Waals surface area contributed by atoms with Crippen LogP contribution < -0.4 is 4.74 Å². The maximum absolute atomic E-state index is 11.2. The van der Waals surface area contributed by atoms with E-state index < -0.39 is 11.8 Å². The van der Waals surface area contributed by atoms with Crippen molar-refractivity contribution < 1.29 is 14.3 Å². The van der Waals surface area contributed by atoms with E-state index in [4.69, 9.17) is 4.74 Å². The summed E-state index contributed by atoms with van der Waals surface area (Å²) in [5.41, 5.74) is 2.24. The van der Waals surface area contributed by atoms with Gasteiger partial charge in [0.25, 0.3) is 0 Å². The second kappa shape index (κ2) is 7.09. The number of ketones is 1. The summed E-state index contributed by atoms with van der Waals surface area (Å²) in [5, 5.41) is 0.108. The highest BCUT2D eigenvalue weighted by Gasteiger charge is 2.11. The Balaban J connectivity index is 1.99. The van der Waals surface area contributed by atoms with Gasteiger partial charge in [-0.15, -0.1) is 0 Å². The minimum Gasteiger partial charge on any atom is -0.421 e. The standard InChI is InChI=1S/C17H16O3S/c1-12(18)17(19)20-15-9-7-13(8-10-15)11-16(21)14-5-3-2-4-6-14/h2-10,16,21H,11H2,1H3. The summed E-state index contributed by atoms with van der Waals surface area (Å²) in [6.45, 7) is 1.18. The van der Waals surface area contributed by atoms with Gasteiger partial charge in [-0.3, -0.25) is 4.79 Å². The molecule has 1 atom stereocenters. The van der Waals surface area contributed by atoms with Crippen molar-refractivity contribution in [2.75, 3.05) is 0 Å². The Kier molecular flexibility index (Phi) is 5.17. The van der Waals surface area contributed by atoms with Crippen molar-refractivity contribution in [2.45, 2.75) is 18.6 Å². The number of carbonyl (C=O) groups is 2. The Hall–Kier alpha value is -2.07. The summed E-state index contributed by atoms with van der Waals surface area (Å²) in [6.07, 6.45) is 0.772. The molecule has 4 heteroatoms. The predicted octanol–water partition coefficient (Wildman–Crippen LogP) is 3.39. The zero-order chi connectivity index (χ0) is 15.2. The minimum atomic E-state index is -0.848. The molecule has 0 saturated carbocycles. The molecule has 1 unspecified atom stereocenters. The minimum absolute atomic E-state index is 0.108. The Morgan fingerprint density at radius 1 is 1.05 bits per heavy atom. The topological polar surface area (TPSA) is 43.4 Å². The third-order valence-electron chi connectivity index (χ3n) is 3.03. The molecule has 2 rings (SSSR count). The first-order valence-electron chi connectivity index (χ1n) is 6.61. The molecule has 0 aromatic heterocycles. The zero-order valence-corrected chi connectivity index (χ0v) is 12.5. The van der Waals surface area contributed by atoms with Crippen molar-refractivity contribution >= 4 is 24.4 Å². The van der Waals surface area contributed by atoms with E-state index in [0.29, 0.717) is 5.75 Å². The molecule has 0 spiro atoms. The van der Waals surface area contributed by atoms with Crippen molar-refractivity contribution in [1.82, 2.24) is 0 Å². The lowest BCUT2D eigenvalue weighted by Crippen LogP contribution is -2.16. The van der Waals surface area contributed by atoms with E-state index in [0.717, 1.165) is 17.5 Å². The highest BCUT2D eigenvalue weighted by molar-refractivity contribution is 7.80. The number of esters is 1. The van der Waals surface area contributed by atoms with E-state index in [1.807, 2.05) is 42.5 Å². The summed E-state index contributed by atoms with van der Waals surface area (Å²) in [4.78, 5) is 22.0. The molecule has 2 aromatic carbocycles. The van der Waals surface area contributed by atoms with Crippen LogP contribution in [0.2, 0.25) is 0 Å². The van der Waals surface area contributed by atoms with E-state index in [2.05, 4.69) is 12.6 Å². The molecule has 0 fully saturated rings. The fourth-order valence-corrected chi connectivity index (χ4v) is 2.27. The molecule has 21 heavy (non-hydrogen) atoms. The van der Waals surface area contributed by atoms with Gasteiger partial charge in [0.1, 0.15) is 5.75 Å². The van der Waals surface area contributed by atoms with Gasteiger partial charge >= 0.3 is 5.97 Å². The molecule has 0 bridgehead atoms. The lowest BCUT2D eigenvalue weighted by Gasteiger charge is -2.11. The van der Waals surface area contributed by atoms with Crippen LogP contribution in [0, 0.1) is 0 Å². The quantitative estimate of drug-likeness (QED) is 0.398. The SMILES string of the molecule is CC(=O)C(=O)Oc1ccc(CC(S)c2ccccc2)cc1. The third kappa shape index (κ3) is 4.46. The Morgan fingerprint density at radius 2 is 1.67 bits per heavy atom. The van der Waals surface area contributed by atoms with Gasteiger partial charge in [-0.05, 0) is 29.7 Å². The van der Waals surface area contributed by atoms with E-state index >= 15 is 0 Å². The summed E-state index contributed by atoms with van der Waals surface area (Å²) in [6, 6.07) is 17.1. The van der Waals surface area contributed by atoms with Crippen LogP contribution in [0.3, 0.4) is 0 Å². The lowest BCUT2D eigenvalue weighted by molar-refractivity contribution is -0.146. The average molecular weight is 300 g/mol. The summed E-state index contributed by atoms with van der Waals surface area (Å²) in [5.74, 6) is -1.09. The Morgan fingerprint density at radius 3 is 2.24 bits per heavy atom. The molecule has 2 aromatic rings. The average Bonchev–Trinajstić information content (AvgIpc) is 2.50. The first-order chi connectivity index (χ1) is 10.1. The maximum atomic E-state index is 11.2. The van der Waals surface area contributed by atoms with E-state index in [1.165, 1.54) is 6.92 Å². The second-order valence-electron chi connectivity index (χ2n) is 4.72. The highest BCUT2D eigenvalue weighted by Crippen LogP contribution is 2.25. The summed E-state index contributed by atoms with van der Waals surface area (Å²) < 4.78 is 4.91. The monoisotopic (exact) mass is 300 g/mol. The predicted molar refractivity (Wildman–Crippen MR) is 84.6 cm³/mol. The number of benzene rings is 2. The molecule has 0 saturated heterocycles. The third-order valence-corrected chi connectivity index (χ3v) is 3.52. The Labute approximate surface area is 129 Å². The van der Waals surface area contributed by atoms with Crippen molar-refractivity contribution in [3.05, 3.63) is 65.7 Å². The lowest BCUT2D eigenvalue weighted by atomic mass is 10.0. The summed E-state index contributed by atoms with van der Waals surface area (Å²) in [7, 11) is 0. The van der Waals surface area contributed by atoms with Crippen LogP contribution in [0.25, 0.3) is 0 Å². The van der Waals surface area contributed by atoms with Crippen LogP contribution in [0.15, 0.2) is 54.6 Å². The van der Waals surface area contributed by atoms with E-state index in [-0.39, 0.29) is 5.25 Å². The van der Waals surface area contributed by atoms with E-state index in [9.17, 15) is 9.59 Å². The van der Waals surface area contributed by atoms with Gasteiger partial charge in [0.05, 0.1) is 0 Å². The molecule has 0 aliphatic rings. The Bertz CT molecular complexity index is 620. The van der Waals surface area contributed by atoms with Gasteiger partial charge in [-0.2, -0.15) is 12.6 Å². The molecular formula is C17H16O3S. The van der Waals surface area contributed by atoms with Gasteiger partial charge in [0, 0.05) is 12.2 Å². The number of hydrogen-bond acceptors (Lipinski definition) is 4. The van der Waals surface area contributed by atoms with Gasteiger partial charge < -0.3 is 4.74 Å². The molecular weight excluding hydrogens is 284 g/mol. The normalized spacial score (nSPS) is 11.7. The molecule has 0 aliphatic carbocycles. The molecule has 0 aliphatic heterocycles. The van der Waals surface area contributed by atoms with Crippen LogP contribution in [0.1, 0.15) is 23.3 Å². The van der Waals surface area contributed by atoms with Gasteiger partial charge in [0.15, 0.2) is 0 Å². The zero-order valence-electron chi connectivity index (χ0n) is 11.7. The molecule has 108 valence electrons. The van der Waals surface area contributed by atoms with Crippen LogP contribution in [0.5, 0.6) is 5.75 Å². The fraction of sp³-hybridized carbons (Fsp3) is 0.176. The summed E-state index contributed by atoms with van der Waals surface area (Å²) >= 11 is 4.61. The van der Waals surface area contributed by atoms with Crippen molar-refractivity contribution in [2.24, 2.45) is 0 Å². The number of carbonyl (C=O) groups excluding carboxylic acids is 2. The molecule has 0 N–H and O–H groups in total. The molecule has 0 amide bonds. The highest BCUT2D eigenvalue weighted by atomic mass is 32.1. The smallest absolute Gasteiger partial charge is 0.379 e. The van der Waals surface area contributed by atoms with Crippen LogP contribution in [0.4, 0.5) is 0 Å². The number of thiol groups is 1. The van der Waals surface area contributed by atoms with Gasteiger partial charge in [-0.1, -0.05) is 42.5 Å². The first-order valence-corrected chi connectivity index (χ1v) is 7.12. The number of hydrogen-bond donors (Lipinski definition) is 1. The number of ether oxygens (including phenoxy) is 1. The van der Waals surface area contributed by atoms with Crippen molar-refractivity contribution in [3.63, 3.8) is 0 Å². The first kappa shape index (κ1) is 15.3. The van der Waals surface area contributed by atoms with Crippen LogP contribution >= 0.6 is 12.6 Å².